The van der Waals surface area contributed by atoms with Crippen LogP contribution in [0.25, 0.3) is 22.4 Å². The summed E-state index contributed by atoms with van der Waals surface area (Å²) in [7, 11) is 0. The number of fused-ring (bicyclic) bond motifs is 1. The maximum absolute atomic E-state index is 12.9. The molecule has 0 fully saturated rings. The van der Waals surface area contributed by atoms with Crippen molar-refractivity contribution < 1.29 is 9.32 Å². The summed E-state index contributed by atoms with van der Waals surface area (Å²) < 4.78 is 6.61. The molecule has 0 saturated carbocycles. The van der Waals surface area contributed by atoms with Crippen LogP contribution in [0.5, 0.6) is 0 Å². The molecule has 0 bridgehead atoms. The molecule has 0 saturated heterocycles. The van der Waals surface area contributed by atoms with Gasteiger partial charge in [-0.05, 0) is 18.6 Å². The van der Waals surface area contributed by atoms with Gasteiger partial charge in [-0.2, -0.15) is 0 Å². The number of aryl methyl sites for hydroxylation is 2. The average molecular weight is 374 g/mol. The van der Waals surface area contributed by atoms with Crippen LogP contribution in [0.2, 0.25) is 0 Å². The van der Waals surface area contributed by atoms with Crippen LogP contribution in [-0.2, 0) is 11.3 Å². The Morgan fingerprint density at radius 3 is 2.64 bits per heavy atom. The zero-order chi connectivity index (χ0) is 19.5. The molecule has 2 aromatic heterocycles. The molecular formula is C21H18N4O3. The molecule has 4 aromatic rings. The summed E-state index contributed by atoms with van der Waals surface area (Å²) in [6, 6.07) is 16.9. The minimum atomic E-state index is -0.284. The van der Waals surface area contributed by atoms with Gasteiger partial charge in [-0.3, -0.25) is 14.2 Å². The Kier molecular flexibility index (Phi) is 4.72. The van der Waals surface area contributed by atoms with Crippen LogP contribution >= 0.6 is 0 Å². The maximum Gasteiger partial charge on any atom is 0.266 e. The Labute approximate surface area is 160 Å². The Bertz CT molecular complexity index is 1200. The van der Waals surface area contributed by atoms with E-state index in [9.17, 15) is 9.59 Å². The molecule has 140 valence electrons. The Balaban J connectivity index is 1.56. The zero-order valence-electron chi connectivity index (χ0n) is 15.3. The molecule has 0 aliphatic carbocycles. The van der Waals surface area contributed by atoms with E-state index in [-0.39, 0.29) is 30.1 Å². The van der Waals surface area contributed by atoms with E-state index in [4.69, 9.17) is 4.52 Å². The van der Waals surface area contributed by atoms with Crippen molar-refractivity contribution in [2.24, 2.45) is 0 Å². The Morgan fingerprint density at radius 2 is 1.86 bits per heavy atom. The van der Waals surface area contributed by atoms with Gasteiger partial charge in [0.15, 0.2) is 0 Å². The maximum atomic E-state index is 12.9. The first-order valence-electron chi connectivity index (χ1n) is 8.89. The number of aromatic nitrogens is 3. The summed E-state index contributed by atoms with van der Waals surface area (Å²) in [5.74, 6) is -0.171. The van der Waals surface area contributed by atoms with Crippen LogP contribution in [0.1, 0.15) is 12.0 Å². The van der Waals surface area contributed by atoms with E-state index in [1.165, 1.54) is 10.9 Å². The lowest BCUT2D eigenvalue weighted by Crippen LogP contribution is -2.23. The van der Waals surface area contributed by atoms with E-state index in [1.54, 1.807) is 0 Å². The molecule has 1 N–H and O–H groups in total. The van der Waals surface area contributed by atoms with E-state index in [2.05, 4.69) is 15.5 Å². The van der Waals surface area contributed by atoms with Crippen LogP contribution in [0.3, 0.4) is 0 Å². The molecule has 7 heteroatoms. The summed E-state index contributed by atoms with van der Waals surface area (Å²) in [6.07, 6.45) is 1.53. The predicted octanol–water partition coefficient (Wildman–Crippen LogP) is 3.39. The summed E-state index contributed by atoms with van der Waals surface area (Å²) in [5.41, 5.74) is 2.87. The monoisotopic (exact) mass is 374 g/mol. The average Bonchev–Trinajstić information content (AvgIpc) is 3.15. The minimum absolute atomic E-state index is 0.146. The Morgan fingerprint density at radius 1 is 1.11 bits per heavy atom. The molecule has 0 aliphatic heterocycles. The highest BCUT2D eigenvalue weighted by atomic mass is 16.5. The fraction of sp³-hybridized carbons (Fsp3) is 0.143. The topological polar surface area (TPSA) is 90.0 Å². The molecule has 4 rings (SSSR count). The lowest BCUT2D eigenvalue weighted by atomic mass is 10.1. The number of rotatable bonds is 5. The van der Waals surface area contributed by atoms with Gasteiger partial charge in [0.1, 0.15) is 17.4 Å². The second kappa shape index (κ2) is 7.48. The van der Waals surface area contributed by atoms with Crippen molar-refractivity contribution in [2.45, 2.75) is 19.9 Å². The first-order valence-corrected chi connectivity index (χ1v) is 8.89. The van der Waals surface area contributed by atoms with Crippen molar-refractivity contribution in [1.29, 1.82) is 0 Å². The third-order valence-corrected chi connectivity index (χ3v) is 4.51. The van der Waals surface area contributed by atoms with E-state index in [0.29, 0.717) is 11.1 Å². The van der Waals surface area contributed by atoms with Gasteiger partial charge < -0.3 is 9.84 Å². The van der Waals surface area contributed by atoms with Crippen LogP contribution in [0, 0.1) is 6.92 Å². The first kappa shape index (κ1) is 17.7. The van der Waals surface area contributed by atoms with Crippen molar-refractivity contribution in [1.82, 2.24) is 14.7 Å². The zero-order valence-corrected chi connectivity index (χ0v) is 15.3. The molecule has 1 amide bonds. The molecule has 0 radical (unpaired) electrons. The van der Waals surface area contributed by atoms with Gasteiger partial charge in [-0.1, -0.05) is 53.7 Å². The molecule has 0 unspecified atom stereocenters. The SMILES string of the molecule is Cc1ccccc1NC(=O)CCn1cnc2onc(-c3ccccc3)c2c1=O. The summed E-state index contributed by atoms with van der Waals surface area (Å²) in [6.45, 7) is 2.13. The van der Waals surface area contributed by atoms with Crippen molar-refractivity contribution in [2.75, 3.05) is 5.32 Å². The number of para-hydroxylation sites is 1. The molecule has 7 nitrogen and oxygen atoms in total. The van der Waals surface area contributed by atoms with Gasteiger partial charge in [0.25, 0.3) is 11.3 Å². The van der Waals surface area contributed by atoms with Gasteiger partial charge >= 0.3 is 0 Å². The van der Waals surface area contributed by atoms with Gasteiger partial charge in [0.05, 0.1) is 0 Å². The smallest absolute Gasteiger partial charge is 0.266 e. The summed E-state index contributed by atoms with van der Waals surface area (Å²) in [5, 5.41) is 7.17. The lowest BCUT2D eigenvalue weighted by Gasteiger charge is -2.09. The number of benzene rings is 2. The second-order valence-corrected chi connectivity index (χ2v) is 6.43. The van der Waals surface area contributed by atoms with Crippen molar-refractivity contribution in [3.63, 3.8) is 0 Å². The number of carbonyl (C=O) groups is 1. The van der Waals surface area contributed by atoms with Crippen LogP contribution < -0.4 is 10.9 Å². The van der Waals surface area contributed by atoms with Gasteiger partial charge in [0, 0.05) is 24.2 Å². The number of nitrogens with one attached hydrogen (secondary N) is 1. The standard InChI is InChI=1S/C21H18N4O3/c1-14-7-5-6-10-16(14)23-17(26)11-12-25-13-22-20-18(21(25)27)19(24-28-20)15-8-3-2-4-9-15/h2-10,13H,11-12H2,1H3,(H,23,26). The third kappa shape index (κ3) is 3.42. The van der Waals surface area contributed by atoms with Crippen LogP contribution in [0.4, 0.5) is 5.69 Å². The summed E-state index contributed by atoms with van der Waals surface area (Å²) in [4.78, 5) is 29.3. The van der Waals surface area contributed by atoms with E-state index in [0.717, 1.165) is 16.8 Å². The molecule has 2 heterocycles. The number of hydrogen-bond donors (Lipinski definition) is 1. The van der Waals surface area contributed by atoms with Gasteiger partial charge in [-0.15, -0.1) is 0 Å². The molecule has 0 aliphatic rings. The number of hydrogen-bond acceptors (Lipinski definition) is 5. The van der Waals surface area contributed by atoms with Crippen molar-refractivity contribution in [3.8, 4) is 11.3 Å². The molecule has 28 heavy (non-hydrogen) atoms. The number of anilines is 1. The second-order valence-electron chi connectivity index (χ2n) is 6.43. The van der Waals surface area contributed by atoms with Crippen LogP contribution in [-0.4, -0.2) is 20.6 Å². The van der Waals surface area contributed by atoms with Crippen LogP contribution in [0.15, 0.2) is 70.2 Å². The molecule has 0 atom stereocenters. The van der Waals surface area contributed by atoms with Gasteiger partial charge in [-0.25, -0.2) is 4.98 Å². The summed E-state index contributed by atoms with van der Waals surface area (Å²) >= 11 is 0. The molecular weight excluding hydrogens is 356 g/mol. The number of amides is 1. The highest BCUT2D eigenvalue weighted by Gasteiger charge is 2.17. The third-order valence-electron chi connectivity index (χ3n) is 4.51. The Hall–Kier alpha value is -3.74. The van der Waals surface area contributed by atoms with Gasteiger partial charge in [0.2, 0.25) is 5.91 Å². The molecule has 2 aromatic carbocycles. The van der Waals surface area contributed by atoms with Crippen molar-refractivity contribution >= 4 is 22.7 Å². The fourth-order valence-corrected chi connectivity index (χ4v) is 2.98. The van der Waals surface area contributed by atoms with E-state index >= 15 is 0 Å². The first-order chi connectivity index (χ1) is 13.6. The number of nitrogens with zero attached hydrogens (tertiary/aromatic N) is 3. The lowest BCUT2D eigenvalue weighted by molar-refractivity contribution is -0.116. The fourth-order valence-electron chi connectivity index (χ4n) is 2.98. The largest absolute Gasteiger partial charge is 0.335 e. The highest BCUT2D eigenvalue weighted by molar-refractivity contribution is 5.91. The van der Waals surface area contributed by atoms with Crippen molar-refractivity contribution in [3.05, 3.63) is 76.8 Å². The quantitative estimate of drug-likeness (QED) is 0.578. The van der Waals surface area contributed by atoms with E-state index < -0.39 is 0 Å². The van der Waals surface area contributed by atoms with E-state index in [1.807, 2.05) is 61.5 Å². The highest BCUT2D eigenvalue weighted by Crippen LogP contribution is 2.23. The molecule has 0 spiro atoms. The number of carbonyl (C=O) groups excluding carboxylic acids is 1. The minimum Gasteiger partial charge on any atom is -0.335 e. The normalized spacial score (nSPS) is 10.9. The predicted molar refractivity (Wildman–Crippen MR) is 106 cm³/mol.